The van der Waals surface area contributed by atoms with Gasteiger partial charge < -0.3 is 15.3 Å². The molecule has 3 nitrogen and oxygen atoms in total. The molecule has 1 unspecified atom stereocenters. The zero-order valence-corrected chi connectivity index (χ0v) is 7.52. The standard InChI is InChI=1S/C7H14N2OS/c1-8-7(11)9-3-2-6(4-9)5-10/h6,10H,2-5H2,1H3,(H,8,11). The van der Waals surface area contributed by atoms with Crippen LogP contribution in [0.5, 0.6) is 0 Å². The van der Waals surface area contributed by atoms with E-state index in [-0.39, 0.29) is 6.61 Å². The third-order valence-electron chi connectivity index (χ3n) is 2.05. The van der Waals surface area contributed by atoms with Gasteiger partial charge in [-0.25, -0.2) is 0 Å². The third-order valence-corrected chi connectivity index (χ3v) is 2.51. The molecule has 1 aliphatic rings. The molecule has 1 heterocycles. The van der Waals surface area contributed by atoms with Crippen molar-refractivity contribution in [3.63, 3.8) is 0 Å². The first-order valence-corrected chi connectivity index (χ1v) is 4.26. The highest BCUT2D eigenvalue weighted by Gasteiger charge is 2.22. The summed E-state index contributed by atoms with van der Waals surface area (Å²) < 4.78 is 0. The Balaban J connectivity index is 2.35. The summed E-state index contributed by atoms with van der Waals surface area (Å²) in [4.78, 5) is 2.09. The van der Waals surface area contributed by atoms with Crippen LogP contribution in [-0.2, 0) is 0 Å². The summed E-state index contributed by atoms with van der Waals surface area (Å²) in [6, 6.07) is 0. The molecule has 11 heavy (non-hydrogen) atoms. The Bertz CT molecular complexity index is 151. The molecule has 1 saturated heterocycles. The number of nitrogens with zero attached hydrogens (tertiary/aromatic N) is 1. The molecule has 1 rings (SSSR count). The van der Waals surface area contributed by atoms with Gasteiger partial charge in [-0.2, -0.15) is 0 Å². The molecule has 1 atom stereocenters. The topological polar surface area (TPSA) is 35.5 Å². The second-order valence-corrected chi connectivity index (χ2v) is 3.23. The first kappa shape index (κ1) is 8.74. The smallest absolute Gasteiger partial charge is 0.168 e. The first-order valence-electron chi connectivity index (χ1n) is 3.85. The van der Waals surface area contributed by atoms with Crippen LogP contribution in [0.15, 0.2) is 0 Å². The third kappa shape index (κ3) is 2.04. The molecule has 0 aromatic heterocycles. The number of hydrogen-bond donors (Lipinski definition) is 2. The number of likely N-dealkylation sites (tertiary alicyclic amines) is 1. The Morgan fingerprint density at radius 1 is 1.82 bits per heavy atom. The quantitative estimate of drug-likeness (QED) is 0.540. The predicted octanol–water partition coefficient (Wildman–Crippen LogP) is -0.195. The van der Waals surface area contributed by atoms with Crippen molar-refractivity contribution in [3.05, 3.63) is 0 Å². The fraction of sp³-hybridized carbons (Fsp3) is 0.857. The Labute approximate surface area is 72.4 Å². The highest BCUT2D eigenvalue weighted by Crippen LogP contribution is 2.14. The lowest BCUT2D eigenvalue weighted by atomic mass is 10.1. The monoisotopic (exact) mass is 174 g/mol. The van der Waals surface area contributed by atoms with Crippen molar-refractivity contribution in [1.82, 2.24) is 10.2 Å². The van der Waals surface area contributed by atoms with Crippen molar-refractivity contribution in [2.75, 3.05) is 26.7 Å². The van der Waals surface area contributed by atoms with Crippen LogP contribution in [0, 0.1) is 5.92 Å². The zero-order valence-electron chi connectivity index (χ0n) is 6.71. The van der Waals surface area contributed by atoms with E-state index in [0.717, 1.165) is 24.6 Å². The second kappa shape index (κ2) is 3.88. The fourth-order valence-electron chi connectivity index (χ4n) is 1.32. The Kier molecular flexibility index (Phi) is 3.08. The van der Waals surface area contributed by atoms with E-state index >= 15 is 0 Å². The van der Waals surface area contributed by atoms with Gasteiger partial charge >= 0.3 is 0 Å². The largest absolute Gasteiger partial charge is 0.396 e. The zero-order chi connectivity index (χ0) is 8.27. The minimum absolute atomic E-state index is 0.281. The van der Waals surface area contributed by atoms with Gasteiger partial charge in [0, 0.05) is 32.7 Å². The normalized spacial score (nSPS) is 23.8. The molecule has 0 saturated carbocycles. The molecule has 1 fully saturated rings. The average Bonchev–Trinajstić information content (AvgIpc) is 2.50. The Hall–Kier alpha value is -0.350. The number of aliphatic hydroxyl groups is 1. The van der Waals surface area contributed by atoms with Crippen LogP contribution >= 0.6 is 12.2 Å². The van der Waals surface area contributed by atoms with Crippen molar-refractivity contribution < 1.29 is 5.11 Å². The predicted molar refractivity (Wildman–Crippen MR) is 48.4 cm³/mol. The minimum Gasteiger partial charge on any atom is -0.396 e. The van der Waals surface area contributed by atoms with Gasteiger partial charge in [-0.1, -0.05) is 0 Å². The van der Waals surface area contributed by atoms with Crippen LogP contribution in [0.1, 0.15) is 6.42 Å². The lowest BCUT2D eigenvalue weighted by Crippen LogP contribution is -2.36. The second-order valence-electron chi connectivity index (χ2n) is 2.84. The molecule has 0 radical (unpaired) electrons. The van der Waals surface area contributed by atoms with E-state index in [1.165, 1.54) is 0 Å². The van der Waals surface area contributed by atoms with E-state index in [2.05, 4.69) is 10.2 Å². The average molecular weight is 174 g/mol. The SMILES string of the molecule is CNC(=S)N1CCC(CO)C1. The fourth-order valence-corrected chi connectivity index (χ4v) is 1.49. The Morgan fingerprint density at radius 2 is 2.55 bits per heavy atom. The van der Waals surface area contributed by atoms with Gasteiger partial charge in [-0.05, 0) is 18.6 Å². The summed E-state index contributed by atoms with van der Waals surface area (Å²) >= 11 is 5.05. The summed E-state index contributed by atoms with van der Waals surface area (Å²) in [5.74, 6) is 0.418. The summed E-state index contributed by atoms with van der Waals surface area (Å²) in [5, 5.41) is 12.6. The molecule has 0 amide bonds. The summed E-state index contributed by atoms with van der Waals surface area (Å²) in [7, 11) is 1.83. The van der Waals surface area contributed by atoms with Gasteiger partial charge in [0.25, 0.3) is 0 Å². The van der Waals surface area contributed by atoms with Crippen LogP contribution in [0.4, 0.5) is 0 Å². The molecule has 0 aromatic rings. The molecule has 0 aromatic carbocycles. The Morgan fingerprint density at radius 3 is 3.00 bits per heavy atom. The summed E-state index contributed by atoms with van der Waals surface area (Å²) in [6.07, 6.45) is 1.05. The van der Waals surface area contributed by atoms with Crippen molar-refractivity contribution in [1.29, 1.82) is 0 Å². The number of rotatable bonds is 1. The maximum absolute atomic E-state index is 8.85. The number of aliphatic hydroxyl groups excluding tert-OH is 1. The van der Waals surface area contributed by atoms with E-state index in [1.807, 2.05) is 7.05 Å². The van der Waals surface area contributed by atoms with Crippen molar-refractivity contribution in [3.8, 4) is 0 Å². The van der Waals surface area contributed by atoms with Crippen LogP contribution in [-0.4, -0.2) is 41.9 Å². The molecular weight excluding hydrogens is 160 g/mol. The first-order chi connectivity index (χ1) is 5.27. The van der Waals surface area contributed by atoms with E-state index in [0.29, 0.717) is 5.92 Å². The van der Waals surface area contributed by atoms with E-state index in [9.17, 15) is 0 Å². The lowest BCUT2D eigenvalue weighted by molar-refractivity contribution is 0.232. The van der Waals surface area contributed by atoms with E-state index < -0.39 is 0 Å². The van der Waals surface area contributed by atoms with Crippen molar-refractivity contribution in [2.45, 2.75) is 6.42 Å². The molecule has 2 N–H and O–H groups in total. The summed E-state index contributed by atoms with van der Waals surface area (Å²) in [6.45, 7) is 2.16. The van der Waals surface area contributed by atoms with Crippen LogP contribution < -0.4 is 5.32 Å². The van der Waals surface area contributed by atoms with Crippen molar-refractivity contribution >= 4 is 17.3 Å². The molecule has 64 valence electrons. The van der Waals surface area contributed by atoms with Gasteiger partial charge in [-0.15, -0.1) is 0 Å². The highest BCUT2D eigenvalue weighted by atomic mass is 32.1. The minimum atomic E-state index is 0.281. The highest BCUT2D eigenvalue weighted by molar-refractivity contribution is 7.80. The molecule has 0 aliphatic carbocycles. The molecular formula is C7H14N2OS. The maximum atomic E-state index is 8.85. The summed E-state index contributed by atoms with van der Waals surface area (Å²) in [5.41, 5.74) is 0. The van der Waals surface area contributed by atoms with Gasteiger partial charge in [0.15, 0.2) is 5.11 Å². The maximum Gasteiger partial charge on any atom is 0.168 e. The van der Waals surface area contributed by atoms with Crippen LogP contribution in [0.2, 0.25) is 0 Å². The van der Waals surface area contributed by atoms with E-state index in [1.54, 1.807) is 0 Å². The number of thiocarbonyl (C=S) groups is 1. The number of hydrogen-bond acceptors (Lipinski definition) is 2. The van der Waals surface area contributed by atoms with Crippen LogP contribution in [0.25, 0.3) is 0 Å². The van der Waals surface area contributed by atoms with Gasteiger partial charge in [0.1, 0.15) is 0 Å². The lowest BCUT2D eigenvalue weighted by Gasteiger charge is -2.17. The van der Waals surface area contributed by atoms with Crippen LogP contribution in [0.3, 0.4) is 0 Å². The van der Waals surface area contributed by atoms with Gasteiger partial charge in [-0.3, -0.25) is 0 Å². The van der Waals surface area contributed by atoms with Gasteiger partial charge in [0.05, 0.1) is 0 Å². The van der Waals surface area contributed by atoms with Gasteiger partial charge in [0.2, 0.25) is 0 Å². The number of nitrogens with one attached hydrogen (secondary N) is 1. The molecule has 1 aliphatic heterocycles. The van der Waals surface area contributed by atoms with Crippen molar-refractivity contribution in [2.24, 2.45) is 5.92 Å². The molecule has 4 heteroatoms. The molecule has 0 spiro atoms. The molecule has 0 bridgehead atoms. The van der Waals surface area contributed by atoms with E-state index in [4.69, 9.17) is 17.3 Å².